The first-order chi connectivity index (χ1) is 15.9. The summed E-state index contributed by atoms with van der Waals surface area (Å²) in [7, 11) is 1.69. The number of hydrogen-bond acceptors (Lipinski definition) is 7. The largest absolute Gasteiger partial charge is 0.456 e. The summed E-state index contributed by atoms with van der Waals surface area (Å²) < 4.78 is 7.13. The number of halogens is 1. The van der Waals surface area contributed by atoms with Gasteiger partial charge in [0.15, 0.2) is 0 Å². The molecule has 4 rings (SSSR count). The number of aryl methyl sites for hydroxylation is 1. The Bertz CT molecular complexity index is 1250. The van der Waals surface area contributed by atoms with Crippen molar-refractivity contribution in [3.05, 3.63) is 93.8 Å². The molecule has 0 aliphatic rings. The van der Waals surface area contributed by atoms with E-state index in [4.69, 9.17) is 27.8 Å². The first kappa shape index (κ1) is 22.4. The van der Waals surface area contributed by atoms with E-state index in [1.54, 1.807) is 13.1 Å². The van der Waals surface area contributed by atoms with E-state index in [9.17, 15) is 4.79 Å². The first-order valence-electron chi connectivity index (χ1n) is 10.3. The maximum absolute atomic E-state index is 13.2. The molecule has 0 saturated carbocycles. The van der Waals surface area contributed by atoms with Gasteiger partial charge in [0.25, 0.3) is 0 Å². The van der Waals surface area contributed by atoms with Crippen molar-refractivity contribution in [3.63, 3.8) is 0 Å². The number of hydrogen-bond donors (Lipinski definition) is 2. The Labute approximate surface area is 196 Å². The van der Waals surface area contributed by atoms with Crippen molar-refractivity contribution in [1.82, 2.24) is 19.7 Å². The summed E-state index contributed by atoms with van der Waals surface area (Å²) in [4.78, 5) is 21.4. The molecule has 0 radical (unpaired) electrons. The molecule has 0 atom stereocenters. The van der Waals surface area contributed by atoms with Crippen LogP contribution >= 0.6 is 11.6 Å². The highest BCUT2D eigenvalue weighted by Gasteiger charge is 2.25. The number of aromatic nitrogens is 4. The van der Waals surface area contributed by atoms with E-state index in [1.807, 2.05) is 54.6 Å². The Morgan fingerprint density at radius 1 is 1.03 bits per heavy atom. The van der Waals surface area contributed by atoms with Crippen LogP contribution in [0.2, 0.25) is 5.15 Å². The highest BCUT2D eigenvalue weighted by Crippen LogP contribution is 2.29. The lowest BCUT2D eigenvalue weighted by Crippen LogP contribution is -2.13. The number of carbonyl (C=O) groups is 1. The summed E-state index contributed by atoms with van der Waals surface area (Å²) in [6.07, 6.45) is 0.446. The molecule has 33 heavy (non-hydrogen) atoms. The van der Waals surface area contributed by atoms with Gasteiger partial charge in [0.1, 0.15) is 23.1 Å². The van der Waals surface area contributed by atoms with E-state index in [-0.39, 0.29) is 17.7 Å². The number of carbonyl (C=O) groups excluding carboxylic acids is 1. The lowest BCUT2D eigenvalue weighted by molar-refractivity contribution is 0.0458. The monoisotopic (exact) mass is 462 g/mol. The topological polar surface area (TPSA) is 122 Å². The number of ether oxygens (including phenoxy) is 1. The molecule has 0 saturated heterocycles. The number of esters is 1. The van der Waals surface area contributed by atoms with E-state index in [0.29, 0.717) is 35.6 Å². The van der Waals surface area contributed by atoms with Crippen LogP contribution in [0.25, 0.3) is 11.4 Å². The Morgan fingerprint density at radius 3 is 2.39 bits per heavy atom. The normalized spacial score (nSPS) is 10.9. The number of nitrogens with two attached hydrogens (primary N) is 2. The molecule has 9 heteroatoms. The number of benzene rings is 2. The van der Waals surface area contributed by atoms with Crippen LogP contribution in [0.4, 0.5) is 5.95 Å². The third-order valence-electron chi connectivity index (χ3n) is 5.15. The van der Waals surface area contributed by atoms with Gasteiger partial charge in [0.05, 0.1) is 5.69 Å². The predicted molar refractivity (Wildman–Crippen MR) is 126 cm³/mol. The quantitative estimate of drug-likeness (QED) is 0.318. The smallest absolute Gasteiger partial charge is 0.357 e. The van der Waals surface area contributed by atoms with Gasteiger partial charge in [-0.05, 0) is 16.7 Å². The molecule has 0 unspecified atom stereocenters. The molecule has 0 amide bonds. The Hall–Kier alpha value is -3.75. The van der Waals surface area contributed by atoms with Crippen LogP contribution in [0.3, 0.4) is 0 Å². The summed E-state index contributed by atoms with van der Waals surface area (Å²) in [6, 6.07) is 18.9. The Kier molecular flexibility index (Phi) is 6.67. The predicted octanol–water partition coefficient (Wildman–Crippen LogP) is 3.52. The number of nitrogen functional groups attached to an aromatic ring is 1. The van der Waals surface area contributed by atoms with Crippen molar-refractivity contribution in [2.45, 2.75) is 19.6 Å². The van der Waals surface area contributed by atoms with E-state index in [0.717, 1.165) is 16.7 Å². The second-order valence-electron chi connectivity index (χ2n) is 7.49. The summed E-state index contributed by atoms with van der Waals surface area (Å²) in [6.45, 7) is 0.583. The van der Waals surface area contributed by atoms with Crippen LogP contribution in [0, 0.1) is 0 Å². The van der Waals surface area contributed by atoms with E-state index < -0.39 is 5.97 Å². The molecule has 0 aliphatic heterocycles. The molecule has 2 heterocycles. The molecule has 2 aromatic heterocycles. The van der Waals surface area contributed by atoms with Crippen molar-refractivity contribution in [2.75, 3.05) is 5.73 Å². The second-order valence-corrected chi connectivity index (χ2v) is 7.88. The van der Waals surface area contributed by atoms with Crippen LogP contribution in [0.15, 0.2) is 60.7 Å². The van der Waals surface area contributed by atoms with Crippen LogP contribution in [-0.4, -0.2) is 25.7 Å². The third kappa shape index (κ3) is 5.19. The molecule has 0 bridgehead atoms. The molecule has 8 nitrogen and oxygen atoms in total. The maximum Gasteiger partial charge on any atom is 0.357 e. The van der Waals surface area contributed by atoms with Gasteiger partial charge in [-0.25, -0.2) is 14.8 Å². The van der Waals surface area contributed by atoms with Crippen LogP contribution in [0.1, 0.15) is 32.7 Å². The molecule has 168 valence electrons. The number of rotatable bonds is 7. The molecule has 2 aromatic carbocycles. The fraction of sp³-hybridized carbons (Fsp3) is 0.167. The molecule has 4 N–H and O–H groups in total. The Morgan fingerprint density at radius 2 is 1.73 bits per heavy atom. The van der Waals surface area contributed by atoms with Crippen molar-refractivity contribution in [3.8, 4) is 11.4 Å². The molecule has 4 aromatic rings. The lowest BCUT2D eigenvalue weighted by atomic mass is 10.0. The zero-order chi connectivity index (χ0) is 23.4. The lowest BCUT2D eigenvalue weighted by Gasteiger charge is -2.09. The Balaban J connectivity index is 1.69. The minimum Gasteiger partial charge on any atom is -0.456 e. The maximum atomic E-state index is 13.2. The number of anilines is 1. The number of nitrogens with zero attached hydrogens (tertiary/aromatic N) is 4. The highest BCUT2D eigenvalue weighted by molar-refractivity contribution is 6.29. The summed E-state index contributed by atoms with van der Waals surface area (Å²) in [5.41, 5.74) is 16.3. The molecular formula is C24H23ClN6O2. The van der Waals surface area contributed by atoms with Gasteiger partial charge in [-0.3, -0.25) is 4.68 Å². The molecule has 0 fully saturated rings. The van der Waals surface area contributed by atoms with Crippen molar-refractivity contribution >= 4 is 23.5 Å². The van der Waals surface area contributed by atoms with Crippen LogP contribution in [-0.2, 0) is 31.4 Å². The average Bonchev–Trinajstić information content (AvgIpc) is 3.13. The zero-order valence-electron chi connectivity index (χ0n) is 18.0. The first-order valence-corrected chi connectivity index (χ1v) is 10.7. The van der Waals surface area contributed by atoms with Crippen molar-refractivity contribution in [1.29, 1.82) is 0 Å². The van der Waals surface area contributed by atoms with Gasteiger partial charge in [-0.1, -0.05) is 66.2 Å². The highest BCUT2D eigenvalue weighted by atomic mass is 35.5. The molecular weight excluding hydrogens is 440 g/mol. The van der Waals surface area contributed by atoms with Crippen LogP contribution < -0.4 is 11.5 Å². The SMILES string of the molecule is Cn1nc(-c2cc(Cl)nc(N)n2)c(Cc2ccccc2)c1C(=O)OCc1ccc(CN)cc1. The van der Waals surface area contributed by atoms with Crippen LogP contribution in [0.5, 0.6) is 0 Å². The second kappa shape index (κ2) is 9.81. The van der Waals surface area contributed by atoms with Crippen molar-refractivity contribution in [2.24, 2.45) is 12.8 Å². The van der Waals surface area contributed by atoms with Gasteiger partial charge in [0.2, 0.25) is 5.95 Å². The minimum atomic E-state index is -0.488. The van der Waals surface area contributed by atoms with Gasteiger partial charge in [-0.15, -0.1) is 0 Å². The fourth-order valence-corrected chi connectivity index (χ4v) is 3.73. The van der Waals surface area contributed by atoms with Crippen molar-refractivity contribution < 1.29 is 9.53 Å². The average molecular weight is 463 g/mol. The fourth-order valence-electron chi connectivity index (χ4n) is 3.54. The summed E-state index contributed by atoms with van der Waals surface area (Å²) in [5.74, 6) is -0.461. The van der Waals surface area contributed by atoms with E-state index in [1.165, 1.54) is 4.68 Å². The van der Waals surface area contributed by atoms with E-state index >= 15 is 0 Å². The summed E-state index contributed by atoms with van der Waals surface area (Å²) in [5, 5.41) is 4.75. The molecule has 0 spiro atoms. The van der Waals surface area contributed by atoms with E-state index in [2.05, 4.69) is 15.1 Å². The third-order valence-corrected chi connectivity index (χ3v) is 5.34. The summed E-state index contributed by atoms with van der Waals surface area (Å²) >= 11 is 6.10. The molecule has 0 aliphatic carbocycles. The van der Waals surface area contributed by atoms with Gasteiger partial charge < -0.3 is 16.2 Å². The van der Waals surface area contributed by atoms with Gasteiger partial charge in [-0.2, -0.15) is 5.10 Å². The minimum absolute atomic E-state index is 0.0267. The van der Waals surface area contributed by atoms with Gasteiger partial charge >= 0.3 is 5.97 Å². The van der Waals surface area contributed by atoms with Gasteiger partial charge in [0, 0.05) is 31.6 Å². The standard InChI is InChI=1S/C24H23ClN6O2/c1-31-22(23(32)33-14-17-9-7-16(13-26)8-10-17)18(11-15-5-3-2-4-6-15)21(30-31)19-12-20(25)29-24(27)28-19/h2-10,12H,11,13-14,26H2,1H3,(H2,27,28,29). The zero-order valence-corrected chi connectivity index (χ0v) is 18.8.